The molecule has 0 aliphatic carbocycles. The summed E-state index contributed by atoms with van der Waals surface area (Å²) in [4.78, 5) is 24.6. The molecule has 0 saturated carbocycles. The molecule has 1 aromatic heterocycles. The minimum absolute atomic E-state index is 0.260. The van der Waals surface area contributed by atoms with Gasteiger partial charge in [0.1, 0.15) is 10.9 Å². The summed E-state index contributed by atoms with van der Waals surface area (Å²) in [6.07, 6.45) is 0.523. The first-order valence-corrected chi connectivity index (χ1v) is 7.65. The highest BCUT2D eigenvalue weighted by Gasteiger charge is 2.29. The molecular weight excluding hydrogens is 290 g/mol. The lowest BCUT2D eigenvalue weighted by Crippen LogP contribution is -2.42. The van der Waals surface area contributed by atoms with E-state index >= 15 is 0 Å². The summed E-state index contributed by atoms with van der Waals surface area (Å²) in [7, 11) is 1.32. The zero-order valence-corrected chi connectivity index (χ0v) is 14.2. The SMILES string of the molecule is COC(=O)C(CC(C)C)NC(=O)c1snnc1C(C)(C)C. The molecule has 0 spiro atoms. The van der Waals surface area contributed by atoms with E-state index < -0.39 is 12.0 Å². The molecule has 1 atom stereocenters. The molecule has 0 aliphatic rings. The molecule has 1 heterocycles. The molecule has 1 N–H and O–H groups in total. The van der Waals surface area contributed by atoms with Gasteiger partial charge in [-0.1, -0.05) is 39.1 Å². The summed E-state index contributed by atoms with van der Waals surface area (Å²) in [6.45, 7) is 9.86. The van der Waals surface area contributed by atoms with Crippen molar-refractivity contribution in [2.75, 3.05) is 7.11 Å². The Morgan fingerprint density at radius 1 is 1.33 bits per heavy atom. The van der Waals surface area contributed by atoms with Crippen LogP contribution in [0.15, 0.2) is 0 Å². The van der Waals surface area contributed by atoms with E-state index in [1.165, 1.54) is 7.11 Å². The molecule has 0 radical (unpaired) electrons. The summed E-state index contributed by atoms with van der Waals surface area (Å²) in [5.41, 5.74) is 0.358. The molecule has 1 aromatic rings. The number of rotatable bonds is 5. The van der Waals surface area contributed by atoms with Crippen molar-refractivity contribution in [1.82, 2.24) is 14.9 Å². The minimum atomic E-state index is -0.655. The molecule has 1 rings (SSSR count). The van der Waals surface area contributed by atoms with Crippen LogP contribution in [-0.4, -0.2) is 34.6 Å². The Hall–Kier alpha value is -1.50. The van der Waals surface area contributed by atoms with Crippen molar-refractivity contribution < 1.29 is 14.3 Å². The zero-order chi connectivity index (χ0) is 16.2. The van der Waals surface area contributed by atoms with Crippen LogP contribution < -0.4 is 5.32 Å². The van der Waals surface area contributed by atoms with Crippen LogP contribution in [0, 0.1) is 5.92 Å². The fraction of sp³-hybridized carbons (Fsp3) is 0.714. The predicted octanol–water partition coefficient (Wildman–Crippen LogP) is 2.15. The average Bonchev–Trinajstić information content (AvgIpc) is 2.85. The summed E-state index contributed by atoms with van der Waals surface area (Å²) >= 11 is 1.04. The van der Waals surface area contributed by atoms with Crippen LogP contribution in [0.4, 0.5) is 0 Å². The first kappa shape index (κ1) is 17.6. The van der Waals surface area contributed by atoms with Gasteiger partial charge in [-0.3, -0.25) is 4.79 Å². The molecule has 0 aromatic carbocycles. The van der Waals surface area contributed by atoms with E-state index in [-0.39, 0.29) is 17.2 Å². The van der Waals surface area contributed by atoms with Crippen molar-refractivity contribution >= 4 is 23.4 Å². The summed E-state index contributed by atoms with van der Waals surface area (Å²) in [6, 6.07) is -0.655. The lowest BCUT2D eigenvalue weighted by Gasteiger charge is -2.20. The van der Waals surface area contributed by atoms with E-state index in [1.54, 1.807) is 0 Å². The molecule has 0 saturated heterocycles. The Morgan fingerprint density at radius 3 is 2.43 bits per heavy atom. The number of carbonyl (C=O) groups excluding carboxylic acids is 2. The van der Waals surface area contributed by atoms with Gasteiger partial charge in [-0.05, 0) is 23.9 Å². The average molecular weight is 313 g/mol. The Labute approximate surface area is 129 Å². The standard InChI is InChI=1S/C14H23N3O3S/c1-8(2)7-9(13(19)20-6)15-12(18)10-11(14(3,4)5)16-17-21-10/h8-9H,7H2,1-6H3,(H,15,18). The maximum atomic E-state index is 12.4. The number of hydrogen-bond acceptors (Lipinski definition) is 6. The fourth-order valence-electron chi connectivity index (χ4n) is 1.88. The quantitative estimate of drug-likeness (QED) is 0.842. The van der Waals surface area contributed by atoms with Gasteiger partial charge in [0.2, 0.25) is 0 Å². The maximum Gasteiger partial charge on any atom is 0.328 e. The lowest BCUT2D eigenvalue weighted by molar-refractivity contribution is -0.143. The van der Waals surface area contributed by atoms with E-state index in [0.29, 0.717) is 17.0 Å². The number of nitrogens with zero attached hydrogens (tertiary/aromatic N) is 2. The Kier molecular flexibility index (Phi) is 5.83. The number of aromatic nitrogens is 2. The van der Waals surface area contributed by atoms with Crippen molar-refractivity contribution in [2.45, 2.75) is 52.5 Å². The summed E-state index contributed by atoms with van der Waals surface area (Å²) in [5.74, 6) is -0.506. The Bertz CT molecular complexity index is 506. The van der Waals surface area contributed by atoms with Crippen LogP contribution in [0.3, 0.4) is 0 Å². The van der Waals surface area contributed by atoms with Crippen molar-refractivity contribution in [3.63, 3.8) is 0 Å². The zero-order valence-electron chi connectivity index (χ0n) is 13.4. The smallest absolute Gasteiger partial charge is 0.328 e. The van der Waals surface area contributed by atoms with Gasteiger partial charge in [-0.25, -0.2) is 4.79 Å². The first-order chi connectivity index (χ1) is 9.66. The third-order valence-electron chi connectivity index (χ3n) is 2.90. The number of methoxy groups -OCH3 is 1. The van der Waals surface area contributed by atoms with Gasteiger partial charge < -0.3 is 10.1 Å². The number of ether oxygens (including phenoxy) is 1. The fourth-order valence-corrected chi connectivity index (χ4v) is 2.66. The molecule has 0 bridgehead atoms. The molecule has 1 unspecified atom stereocenters. The molecule has 7 heteroatoms. The Balaban J connectivity index is 2.93. The second kappa shape index (κ2) is 6.98. The molecule has 0 aliphatic heterocycles. The van der Waals surface area contributed by atoms with Crippen LogP contribution in [0.5, 0.6) is 0 Å². The number of esters is 1. The van der Waals surface area contributed by atoms with Crippen molar-refractivity contribution in [1.29, 1.82) is 0 Å². The highest BCUT2D eigenvalue weighted by molar-refractivity contribution is 7.08. The number of amides is 1. The van der Waals surface area contributed by atoms with E-state index in [9.17, 15) is 9.59 Å². The van der Waals surface area contributed by atoms with Crippen molar-refractivity contribution in [3.8, 4) is 0 Å². The lowest BCUT2D eigenvalue weighted by atomic mass is 9.91. The number of hydrogen-bond donors (Lipinski definition) is 1. The third kappa shape index (κ3) is 4.77. The first-order valence-electron chi connectivity index (χ1n) is 6.88. The second-order valence-corrected chi connectivity index (χ2v) is 7.13. The number of carbonyl (C=O) groups is 2. The molecule has 6 nitrogen and oxygen atoms in total. The van der Waals surface area contributed by atoms with Crippen LogP contribution >= 0.6 is 11.5 Å². The van der Waals surface area contributed by atoms with Crippen LogP contribution in [0.2, 0.25) is 0 Å². The van der Waals surface area contributed by atoms with Gasteiger partial charge in [-0.2, -0.15) is 0 Å². The monoisotopic (exact) mass is 313 g/mol. The van der Waals surface area contributed by atoms with E-state index in [1.807, 2.05) is 34.6 Å². The van der Waals surface area contributed by atoms with Gasteiger partial charge in [0.05, 0.1) is 12.8 Å². The predicted molar refractivity (Wildman–Crippen MR) is 81.3 cm³/mol. The van der Waals surface area contributed by atoms with E-state index in [4.69, 9.17) is 4.74 Å². The van der Waals surface area contributed by atoms with Gasteiger partial charge in [0.15, 0.2) is 0 Å². The van der Waals surface area contributed by atoms with Gasteiger partial charge in [0.25, 0.3) is 5.91 Å². The molecule has 21 heavy (non-hydrogen) atoms. The van der Waals surface area contributed by atoms with Gasteiger partial charge in [-0.15, -0.1) is 5.10 Å². The van der Waals surface area contributed by atoms with Crippen LogP contribution in [0.25, 0.3) is 0 Å². The number of nitrogens with one attached hydrogen (secondary N) is 1. The highest BCUT2D eigenvalue weighted by atomic mass is 32.1. The van der Waals surface area contributed by atoms with Crippen LogP contribution in [0.1, 0.15) is 56.4 Å². The van der Waals surface area contributed by atoms with E-state index in [0.717, 1.165) is 11.5 Å². The molecule has 118 valence electrons. The van der Waals surface area contributed by atoms with Crippen molar-refractivity contribution in [3.05, 3.63) is 10.6 Å². The minimum Gasteiger partial charge on any atom is -0.467 e. The van der Waals surface area contributed by atoms with Gasteiger partial charge >= 0.3 is 5.97 Å². The molecule has 1 amide bonds. The third-order valence-corrected chi connectivity index (χ3v) is 3.63. The highest BCUT2D eigenvalue weighted by Crippen LogP contribution is 2.25. The normalized spacial score (nSPS) is 13.1. The maximum absolute atomic E-state index is 12.4. The van der Waals surface area contributed by atoms with Gasteiger partial charge in [0, 0.05) is 5.41 Å². The Morgan fingerprint density at radius 2 is 1.95 bits per heavy atom. The molecular formula is C14H23N3O3S. The molecule has 0 fully saturated rings. The van der Waals surface area contributed by atoms with Crippen molar-refractivity contribution in [2.24, 2.45) is 5.92 Å². The van der Waals surface area contributed by atoms with E-state index in [2.05, 4.69) is 14.9 Å². The summed E-state index contributed by atoms with van der Waals surface area (Å²) in [5, 5.41) is 6.76. The second-order valence-electron chi connectivity index (χ2n) is 6.38. The topological polar surface area (TPSA) is 81.2 Å². The van der Waals surface area contributed by atoms with Crippen LogP contribution in [-0.2, 0) is 14.9 Å². The largest absolute Gasteiger partial charge is 0.467 e. The summed E-state index contributed by atoms with van der Waals surface area (Å²) < 4.78 is 8.61.